The highest BCUT2D eigenvalue weighted by Gasteiger charge is 2.33. The first-order valence-corrected chi connectivity index (χ1v) is 16.8. The summed E-state index contributed by atoms with van der Waals surface area (Å²) in [5, 5.41) is 5.44. The van der Waals surface area contributed by atoms with Crippen LogP contribution in [0.5, 0.6) is 0 Å². The van der Waals surface area contributed by atoms with Crippen molar-refractivity contribution in [1.29, 1.82) is 0 Å². The van der Waals surface area contributed by atoms with Crippen LogP contribution in [-0.4, -0.2) is 82.8 Å². The normalized spacial score (nSPS) is 22.9. The van der Waals surface area contributed by atoms with Crippen molar-refractivity contribution in [3.8, 4) is 16.9 Å². The van der Waals surface area contributed by atoms with Crippen molar-refractivity contribution in [2.75, 3.05) is 26.2 Å². The Bertz CT molecular complexity index is 1740. The molecular formula is C31H34N6O5S2. The number of amides is 2. The molecule has 3 aromatic rings. The molecule has 44 heavy (non-hydrogen) atoms. The Morgan fingerprint density at radius 2 is 1.75 bits per heavy atom. The summed E-state index contributed by atoms with van der Waals surface area (Å²) in [6.45, 7) is 5.48. The zero-order chi connectivity index (χ0) is 31.0. The fourth-order valence-corrected chi connectivity index (χ4v) is 8.33. The van der Waals surface area contributed by atoms with Crippen LogP contribution in [0.3, 0.4) is 0 Å². The van der Waals surface area contributed by atoms with Gasteiger partial charge in [-0.1, -0.05) is 30.3 Å². The van der Waals surface area contributed by atoms with Gasteiger partial charge in [0.1, 0.15) is 5.69 Å². The van der Waals surface area contributed by atoms with Crippen molar-refractivity contribution in [2.24, 2.45) is 16.6 Å². The van der Waals surface area contributed by atoms with Gasteiger partial charge in [-0.15, -0.1) is 0 Å². The number of aliphatic imine (C=N–C) groups is 1. The number of piperidine rings is 1. The van der Waals surface area contributed by atoms with Crippen molar-refractivity contribution < 1.29 is 22.7 Å². The van der Waals surface area contributed by atoms with E-state index >= 15 is 0 Å². The van der Waals surface area contributed by atoms with Crippen molar-refractivity contribution in [3.63, 3.8) is 0 Å². The Morgan fingerprint density at radius 1 is 1.05 bits per heavy atom. The molecule has 0 bridgehead atoms. The predicted octanol–water partition coefficient (Wildman–Crippen LogP) is 3.50. The number of hydrogen-bond donors (Lipinski definition) is 1. The lowest BCUT2D eigenvalue weighted by atomic mass is 9.97. The van der Waals surface area contributed by atoms with Gasteiger partial charge in [0, 0.05) is 49.4 Å². The van der Waals surface area contributed by atoms with Crippen LogP contribution in [0.4, 0.5) is 0 Å². The van der Waals surface area contributed by atoms with Crippen LogP contribution in [-0.2, 0) is 24.3 Å². The second kappa shape index (κ2) is 12.3. The summed E-state index contributed by atoms with van der Waals surface area (Å²) in [5.41, 5.74) is 8.08. The minimum Gasteiger partial charge on any atom is -0.373 e. The third-order valence-electron chi connectivity index (χ3n) is 7.96. The van der Waals surface area contributed by atoms with Crippen LogP contribution in [0.1, 0.15) is 32.3 Å². The summed E-state index contributed by atoms with van der Waals surface area (Å²) in [6, 6.07) is 16.3. The summed E-state index contributed by atoms with van der Waals surface area (Å²) in [6.07, 6.45) is 4.41. The molecule has 0 radical (unpaired) electrons. The average Bonchev–Trinajstić information content (AvgIpc) is 3.61. The van der Waals surface area contributed by atoms with Gasteiger partial charge in [0.15, 0.2) is 5.17 Å². The Hall–Kier alpha value is -3.78. The molecule has 0 saturated carbocycles. The summed E-state index contributed by atoms with van der Waals surface area (Å²) in [7, 11) is -3.78. The summed E-state index contributed by atoms with van der Waals surface area (Å²) in [4.78, 5) is 31.5. The lowest BCUT2D eigenvalue weighted by molar-refractivity contribution is -0.123. The number of benzene rings is 2. The number of nitrogens with zero attached hydrogens (tertiary/aromatic N) is 5. The van der Waals surface area contributed by atoms with Gasteiger partial charge in [-0.05, 0) is 68.8 Å². The number of rotatable bonds is 6. The van der Waals surface area contributed by atoms with Gasteiger partial charge >= 0.3 is 0 Å². The number of ether oxygens (including phenoxy) is 1. The number of para-hydroxylation sites is 1. The van der Waals surface area contributed by atoms with Crippen LogP contribution in [0, 0.1) is 5.92 Å². The van der Waals surface area contributed by atoms with Crippen molar-refractivity contribution >= 4 is 44.8 Å². The molecule has 6 rings (SSSR count). The number of nitrogens with two attached hydrogens (primary N) is 1. The second-order valence-electron chi connectivity index (χ2n) is 11.3. The highest BCUT2D eigenvalue weighted by atomic mass is 32.2. The van der Waals surface area contributed by atoms with E-state index in [1.807, 2.05) is 61.3 Å². The zero-order valence-corrected chi connectivity index (χ0v) is 26.1. The van der Waals surface area contributed by atoms with E-state index in [9.17, 15) is 18.0 Å². The van der Waals surface area contributed by atoms with Gasteiger partial charge in [0.2, 0.25) is 15.9 Å². The first kappa shape index (κ1) is 30.3. The second-order valence-corrected chi connectivity index (χ2v) is 14.2. The molecule has 2 atom stereocenters. The molecule has 3 aliphatic heterocycles. The van der Waals surface area contributed by atoms with Crippen molar-refractivity contribution in [2.45, 2.75) is 43.8 Å². The maximum absolute atomic E-state index is 13.7. The number of morpholine rings is 1. The van der Waals surface area contributed by atoms with Crippen LogP contribution in [0.15, 0.2) is 75.6 Å². The highest BCUT2D eigenvalue weighted by Crippen LogP contribution is 2.35. The van der Waals surface area contributed by atoms with Crippen molar-refractivity contribution in [1.82, 2.24) is 19.0 Å². The molecular weight excluding hydrogens is 601 g/mol. The molecule has 11 nitrogen and oxygen atoms in total. The number of carbonyl (C=O) groups is 2. The predicted molar refractivity (Wildman–Crippen MR) is 169 cm³/mol. The monoisotopic (exact) mass is 634 g/mol. The minimum absolute atomic E-state index is 0.162. The summed E-state index contributed by atoms with van der Waals surface area (Å²) >= 11 is 1.29. The molecule has 1 aromatic heterocycles. The highest BCUT2D eigenvalue weighted by molar-refractivity contribution is 8.18. The largest absolute Gasteiger partial charge is 0.373 e. The van der Waals surface area contributed by atoms with E-state index in [0.717, 1.165) is 5.69 Å². The van der Waals surface area contributed by atoms with Gasteiger partial charge in [0.25, 0.3) is 5.91 Å². The Morgan fingerprint density at radius 3 is 2.43 bits per heavy atom. The maximum Gasteiger partial charge on any atom is 0.286 e. The van der Waals surface area contributed by atoms with Gasteiger partial charge < -0.3 is 15.4 Å². The molecule has 2 fully saturated rings. The number of aromatic nitrogens is 2. The standard InChI is InChI=1S/C31H34N6O5S2/c1-20-17-36(18-21(2)42-20)44(40,41)26-10-6-7-23(15-26)28-24(19-37(34-28)25-8-4-3-5-9-25)16-27-30(39)33-31(43-27)35-13-11-22(12-14-35)29(32)38/h3-10,15-16,19-22H,11-14,17-18H2,1-2H3,(H2,32,38)/b27-16-. The van der Waals surface area contributed by atoms with E-state index in [0.29, 0.717) is 52.8 Å². The quantitative estimate of drug-likeness (QED) is 0.407. The van der Waals surface area contributed by atoms with E-state index in [4.69, 9.17) is 15.6 Å². The third kappa shape index (κ3) is 6.23. The zero-order valence-electron chi connectivity index (χ0n) is 24.5. The topological polar surface area (TPSA) is 140 Å². The van der Waals surface area contributed by atoms with E-state index in [2.05, 4.69) is 4.99 Å². The number of thioether (sulfide) groups is 1. The van der Waals surface area contributed by atoms with Crippen LogP contribution in [0.25, 0.3) is 23.0 Å². The lowest BCUT2D eigenvalue weighted by Gasteiger charge is -2.34. The van der Waals surface area contributed by atoms with Crippen LogP contribution >= 0.6 is 11.8 Å². The Kier molecular flexibility index (Phi) is 8.46. The number of likely N-dealkylation sites (tertiary alicyclic amines) is 1. The Balaban J connectivity index is 1.33. The molecule has 2 amide bonds. The first-order chi connectivity index (χ1) is 21.1. The molecule has 230 valence electrons. The number of primary amides is 1. The van der Waals surface area contributed by atoms with Gasteiger partial charge in [-0.2, -0.15) is 14.4 Å². The molecule has 13 heteroatoms. The van der Waals surface area contributed by atoms with E-state index in [1.165, 1.54) is 16.1 Å². The molecule has 2 unspecified atom stereocenters. The van der Waals surface area contributed by atoms with E-state index < -0.39 is 10.0 Å². The van der Waals surface area contributed by atoms with E-state index in [1.54, 1.807) is 29.0 Å². The van der Waals surface area contributed by atoms with E-state index in [-0.39, 0.29) is 47.9 Å². The minimum atomic E-state index is -3.78. The smallest absolute Gasteiger partial charge is 0.286 e. The van der Waals surface area contributed by atoms with Gasteiger partial charge in [0.05, 0.1) is 27.7 Å². The van der Waals surface area contributed by atoms with Gasteiger partial charge in [-0.3, -0.25) is 9.59 Å². The number of carbonyl (C=O) groups excluding carboxylic acids is 2. The number of sulfonamides is 1. The van der Waals surface area contributed by atoms with Crippen LogP contribution < -0.4 is 5.73 Å². The molecule has 4 heterocycles. The maximum atomic E-state index is 13.7. The third-order valence-corrected chi connectivity index (χ3v) is 10.8. The SMILES string of the molecule is CC1CN(S(=O)(=O)c2cccc(-c3nn(-c4ccccc4)cc3/C=C3\SC(N4CCC(C(N)=O)CC4)=NC3=O)c2)CC(C)O1. The molecule has 3 aliphatic rings. The average molecular weight is 635 g/mol. The fraction of sp³-hybridized carbons (Fsp3) is 0.355. The first-order valence-electron chi connectivity index (χ1n) is 14.6. The van der Waals surface area contributed by atoms with Crippen LogP contribution in [0.2, 0.25) is 0 Å². The van der Waals surface area contributed by atoms with Crippen molar-refractivity contribution in [3.05, 3.63) is 71.3 Å². The number of amidine groups is 1. The number of hydrogen-bond acceptors (Lipinski definition) is 8. The summed E-state index contributed by atoms with van der Waals surface area (Å²) < 4.78 is 36.3. The molecule has 0 aliphatic carbocycles. The molecule has 2 aromatic carbocycles. The lowest BCUT2D eigenvalue weighted by Crippen LogP contribution is -2.48. The molecule has 2 saturated heterocycles. The van der Waals surface area contributed by atoms with Gasteiger partial charge in [-0.25, -0.2) is 13.1 Å². The Labute approximate surface area is 260 Å². The summed E-state index contributed by atoms with van der Waals surface area (Å²) in [5.74, 6) is -0.812. The molecule has 0 spiro atoms. The fourth-order valence-electron chi connectivity index (χ4n) is 5.74. The molecule has 2 N–H and O–H groups in total.